The molecule has 1 heterocycles. The number of benzene rings is 1. The van der Waals surface area contributed by atoms with Gasteiger partial charge in [-0.1, -0.05) is 19.9 Å². The van der Waals surface area contributed by atoms with Gasteiger partial charge in [-0.15, -0.1) is 0 Å². The third-order valence-corrected chi connectivity index (χ3v) is 5.72. The second kappa shape index (κ2) is 8.20. The fourth-order valence-corrected chi connectivity index (χ4v) is 4.21. The van der Waals surface area contributed by atoms with Gasteiger partial charge < -0.3 is 15.2 Å². The summed E-state index contributed by atoms with van der Waals surface area (Å²) in [7, 11) is -3.14. The molecule has 0 spiro atoms. The van der Waals surface area contributed by atoms with Crippen LogP contribution in [-0.4, -0.2) is 37.1 Å². The molecule has 1 aromatic carbocycles. The summed E-state index contributed by atoms with van der Waals surface area (Å²) < 4.78 is 25.6. The van der Waals surface area contributed by atoms with E-state index < -0.39 is 15.9 Å². The Balaban J connectivity index is 1.94. The normalized spacial score (nSPS) is 11.5. The van der Waals surface area contributed by atoms with E-state index in [9.17, 15) is 13.2 Å². The lowest BCUT2D eigenvalue weighted by atomic mass is 10.1. The van der Waals surface area contributed by atoms with Crippen molar-refractivity contribution in [3.63, 3.8) is 0 Å². The van der Waals surface area contributed by atoms with Gasteiger partial charge in [-0.3, -0.25) is 0 Å². The SMILES string of the molecule is Cc1c(NC(=O)NCCS(=O)(=O)CC(C)C)cccc1-n1cccc1. The molecule has 136 valence electrons. The van der Waals surface area contributed by atoms with Gasteiger partial charge >= 0.3 is 6.03 Å². The Labute approximate surface area is 149 Å². The summed E-state index contributed by atoms with van der Waals surface area (Å²) >= 11 is 0. The molecule has 7 heteroatoms. The smallest absolute Gasteiger partial charge is 0.319 e. The number of nitrogens with one attached hydrogen (secondary N) is 2. The number of rotatable bonds is 7. The van der Waals surface area contributed by atoms with Crippen LogP contribution < -0.4 is 10.6 Å². The van der Waals surface area contributed by atoms with E-state index in [-0.39, 0.29) is 24.0 Å². The zero-order valence-electron chi connectivity index (χ0n) is 14.8. The van der Waals surface area contributed by atoms with E-state index in [1.54, 1.807) is 0 Å². The van der Waals surface area contributed by atoms with Crippen LogP contribution in [0.1, 0.15) is 19.4 Å². The van der Waals surface area contributed by atoms with Gasteiger partial charge in [0.1, 0.15) is 0 Å². The predicted octanol–water partition coefficient (Wildman–Crippen LogP) is 2.98. The van der Waals surface area contributed by atoms with Crippen LogP contribution in [0.4, 0.5) is 10.5 Å². The molecule has 0 unspecified atom stereocenters. The molecule has 2 aromatic rings. The summed E-state index contributed by atoms with van der Waals surface area (Å²) in [5.41, 5.74) is 2.59. The number of carbonyl (C=O) groups excluding carboxylic acids is 1. The number of sulfone groups is 1. The lowest BCUT2D eigenvalue weighted by Gasteiger charge is -2.14. The molecule has 0 aliphatic rings. The first-order chi connectivity index (χ1) is 11.8. The minimum Gasteiger partial charge on any atom is -0.337 e. The molecule has 0 radical (unpaired) electrons. The molecule has 0 fully saturated rings. The Bertz CT molecular complexity index is 812. The van der Waals surface area contributed by atoms with Crippen molar-refractivity contribution < 1.29 is 13.2 Å². The van der Waals surface area contributed by atoms with Crippen LogP contribution in [0.25, 0.3) is 5.69 Å². The average Bonchev–Trinajstić information content (AvgIpc) is 3.02. The molecule has 6 nitrogen and oxygen atoms in total. The number of nitrogens with zero attached hydrogens (tertiary/aromatic N) is 1. The summed E-state index contributed by atoms with van der Waals surface area (Å²) in [6, 6.07) is 9.11. The minimum atomic E-state index is -3.14. The third-order valence-electron chi connectivity index (χ3n) is 3.72. The monoisotopic (exact) mass is 363 g/mol. The standard InChI is InChI=1S/C18H25N3O3S/c1-14(2)13-25(23,24)12-9-19-18(22)20-16-7-6-8-17(15(16)3)21-10-4-5-11-21/h4-8,10-11,14H,9,12-13H2,1-3H3,(H2,19,20,22). The second-order valence-corrected chi connectivity index (χ2v) is 8.66. The molecule has 0 atom stereocenters. The Morgan fingerprint density at radius 2 is 1.84 bits per heavy atom. The first-order valence-corrected chi connectivity index (χ1v) is 10.1. The molecular weight excluding hydrogens is 338 g/mol. The molecule has 0 bridgehead atoms. The zero-order chi connectivity index (χ0) is 18.4. The van der Waals surface area contributed by atoms with Crippen molar-refractivity contribution in [2.75, 3.05) is 23.4 Å². The fourth-order valence-electron chi connectivity index (χ4n) is 2.61. The van der Waals surface area contributed by atoms with Crippen molar-refractivity contribution in [3.8, 4) is 5.69 Å². The molecule has 0 saturated heterocycles. The van der Waals surface area contributed by atoms with E-state index in [1.165, 1.54) is 0 Å². The predicted molar refractivity (Wildman–Crippen MR) is 101 cm³/mol. The quantitative estimate of drug-likeness (QED) is 0.794. The van der Waals surface area contributed by atoms with Gasteiger partial charge in [-0.05, 0) is 42.7 Å². The first-order valence-electron chi connectivity index (χ1n) is 8.27. The number of aromatic nitrogens is 1. The molecule has 25 heavy (non-hydrogen) atoms. The van der Waals surface area contributed by atoms with Gasteiger partial charge in [0.15, 0.2) is 9.84 Å². The van der Waals surface area contributed by atoms with Crippen LogP contribution in [0.2, 0.25) is 0 Å². The van der Waals surface area contributed by atoms with E-state index in [0.29, 0.717) is 5.69 Å². The van der Waals surface area contributed by atoms with E-state index in [1.807, 2.05) is 68.1 Å². The zero-order valence-corrected chi connectivity index (χ0v) is 15.6. The summed E-state index contributed by atoms with van der Waals surface area (Å²) in [4.78, 5) is 12.0. The highest BCUT2D eigenvalue weighted by Gasteiger charge is 2.14. The van der Waals surface area contributed by atoms with Gasteiger partial charge in [0.2, 0.25) is 0 Å². The van der Waals surface area contributed by atoms with E-state index in [4.69, 9.17) is 0 Å². The topological polar surface area (TPSA) is 80.2 Å². The van der Waals surface area contributed by atoms with Gasteiger partial charge in [-0.25, -0.2) is 13.2 Å². The van der Waals surface area contributed by atoms with Gasteiger partial charge in [0.05, 0.1) is 11.5 Å². The van der Waals surface area contributed by atoms with E-state index in [2.05, 4.69) is 10.6 Å². The van der Waals surface area contributed by atoms with Crippen molar-refractivity contribution >= 4 is 21.6 Å². The second-order valence-electron chi connectivity index (χ2n) is 6.43. The molecule has 0 aliphatic carbocycles. The van der Waals surface area contributed by atoms with Crippen molar-refractivity contribution in [1.29, 1.82) is 0 Å². The van der Waals surface area contributed by atoms with Crippen LogP contribution >= 0.6 is 0 Å². The van der Waals surface area contributed by atoms with Crippen molar-refractivity contribution in [1.82, 2.24) is 9.88 Å². The van der Waals surface area contributed by atoms with E-state index in [0.717, 1.165) is 11.3 Å². The summed E-state index contributed by atoms with van der Waals surface area (Å²) in [5, 5.41) is 5.39. The van der Waals surface area contributed by atoms with Gasteiger partial charge in [0.25, 0.3) is 0 Å². The molecule has 0 aliphatic heterocycles. The van der Waals surface area contributed by atoms with Crippen LogP contribution in [-0.2, 0) is 9.84 Å². The number of hydrogen-bond acceptors (Lipinski definition) is 3. The molecule has 2 rings (SSSR count). The molecular formula is C18H25N3O3S. The average molecular weight is 363 g/mol. The van der Waals surface area contributed by atoms with Gasteiger partial charge in [-0.2, -0.15) is 0 Å². The third kappa shape index (κ3) is 5.63. The maximum absolute atomic E-state index is 12.0. The molecule has 1 aromatic heterocycles. The lowest BCUT2D eigenvalue weighted by Crippen LogP contribution is -2.34. The minimum absolute atomic E-state index is 0.0546. The fraction of sp³-hybridized carbons (Fsp3) is 0.389. The van der Waals surface area contributed by atoms with Crippen molar-refractivity contribution in [3.05, 3.63) is 48.3 Å². The number of carbonyl (C=O) groups is 1. The van der Waals surface area contributed by atoms with Crippen LogP contribution in [0.3, 0.4) is 0 Å². The highest BCUT2D eigenvalue weighted by molar-refractivity contribution is 7.91. The number of hydrogen-bond donors (Lipinski definition) is 2. The Hall–Kier alpha value is -2.28. The van der Waals surface area contributed by atoms with Gasteiger partial charge in [0, 0.05) is 30.3 Å². The number of anilines is 1. The Kier molecular flexibility index (Phi) is 6.25. The Morgan fingerprint density at radius 1 is 1.16 bits per heavy atom. The maximum atomic E-state index is 12.0. The first kappa shape index (κ1) is 19.1. The number of amides is 2. The van der Waals surface area contributed by atoms with Crippen LogP contribution in [0.5, 0.6) is 0 Å². The number of urea groups is 1. The highest BCUT2D eigenvalue weighted by Crippen LogP contribution is 2.22. The Morgan fingerprint density at radius 3 is 2.48 bits per heavy atom. The summed E-state index contributed by atoms with van der Waals surface area (Å²) in [5.74, 6) is 0.160. The molecule has 2 amide bonds. The van der Waals surface area contributed by atoms with Crippen molar-refractivity contribution in [2.24, 2.45) is 5.92 Å². The van der Waals surface area contributed by atoms with E-state index >= 15 is 0 Å². The van der Waals surface area contributed by atoms with Crippen molar-refractivity contribution in [2.45, 2.75) is 20.8 Å². The summed E-state index contributed by atoms with van der Waals surface area (Å²) in [6.07, 6.45) is 3.87. The lowest BCUT2D eigenvalue weighted by molar-refractivity contribution is 0.252. The highest BCUT2D eigenvalue weighted by atomic mass is 32.2. The summed E-state index contributed by atoms with van der Waals surface area (Å²) in [6.45, 7) is 5.74. The van der Waals surface area contributed by atoms with Crippen LogP contribution in [0, 0.1) is 12.8 Å². The molecule has 0 saturated carbocycles. The van der Waals surface area contributed by atoms with Crippen LogP contribution in [0.15, 0.2) is 42.7 Å². The largest absolute Gasteiger partial charge is 0.337 e. The maximum Gasteiger partial charge on any atom is 0.319 e. The molecule has 2 N–H and O–H groups in total.